The summed E-state index contributed by atoms with van der Waals surface area (Å²) in [6.07, 6.45) is 0.843. The Hall–Kier alpha value is -0.660. The lowest BCUT2D eigenvalue weighted by Crippen LogP contribution is -2.50. The SMILES string of the molecule is CC(N[S@@+]([O-])C(C)(C)C)(c1cccc(Br)c1)c1csc(C=O)c1. The molecule has 2 aromatic rings. The summed E-state index contributed by atoms with van der Waals surface area (Å²) in [5, 5.41) is 1.94. The van der Waals surface area contributed by atoms with Crippen molar-refractivity contribution in [2.24, 2.45) is 0 Å². The van der Waals surface area contributed by atoms with Crippen molar-refractivity contribution < 1.29 is 9.35 Å². The Labute approximate surface area is 152 Å². The molecule has 2 rings (SSSR count). The van der Waals surface area contributed by atoms with Gasteiger partial charge in [0.1, 0.15) is 10.3 Å². The first-order valence-corrected chi connectivity index (χ1v) is 9.99. The molecule has 1 unspecified atom stereocenters. The Balaban J connectivity index is 2.52. The molecule has 0 bridgehead atoms. The van der Waals surface area contributed by atoms with E-state index in [9.17, 15) is 9.35 Å². The maximum absolute atomic E-state index is 12.7. The lowest BCUT2D eigenvalue weighted by Gasteiger charge is -2.35. The predicted molar refractivity (Wildman–Crippen MR) is 101 cm³/mol. The van der Waals surface area contributed by atoms with Crippen molar-refractivity contribution >= 4 is 44.9 Å². The van der Waals surface area contributed by atoms with E-state index in [4.69, 9.17) is 0 Å². The van der Waals surface area contributed by atoms with E-state index < -0.39 is 21.6 Å². The van der Waals surface area contributed by atoms with Crippen molar-refractivity contribution in [3.05, 3.63) is 56.2 Å². The quantitative estimate of drug-likeness (QED) is 0.573. The molecule has 124 valence electrons. The molecule has 0 spiro atoms. The molecule has 0 radical (unpaired) electrons. The average Bonchev–Trinajstić information content (AvgIpc) is 2.95. The van der Waals surface area contributed by atoms with Gasteiger partial charge < -0.3 is 4.55 Å². The number of thiophene rings is 1. The van der Waals surface area contributed by atoms with Crippen LogP contribution in [0.15, 0.2) is 40.2 Å². The van der Waals surface area contributed by atoms with Gasteiger partial charge >= 0.3 is 0 Å². The molecule has 23 heavy (non-hydrogen) atoms. The molecule has 0 aliphatic heterocycles. The minimum absolute atomic E-state index is 0.392. The summed E-state index contributed by atoms with van der Waals surface area (Å²) < 4.78 is 16.5. The van der Waals surface area contributed by atoms with Crippen LogP contribution in [0.5, 0.6) is 0 Å². The highest BCUT2D eigenvalue weighted by atomic mass is 79.9. The number of hydrogen-bond donors (Lipinski definition) is 1. The Morgan fingerprint density at radius 2 is 1.91 bits per heavy atom. The standard InChI is InChI=1S/C17H20BrNO2S2/c1-16(2,3)23(21)19-17(4,12-6-5-7-14(18)8-12)13-9-15(10-20)22-11-13/h5-11,19H,1-4H3/t17?,23-/m0/s1. The molecule has 1 aromatic heterocycles. The minimum atomic E-state index is -1.26. The lowest BCUT2D eigenvalue weighted by atomic mass is 9.87. The summed E-state index contributed by atoms with van der Waals surface area (Å²) in [5.74, 6) is 0. The maximum Gasteiger partial charge on any atom is 0.160 e. The number of carbonyl (C=O) groups excluding carboxylic acids is 1. The van der Waals surface area contributed by atoms with Gasteiger partial charge in [0, 0.05) is 15.8 Å². The summed E-state index contributed by atoms with van der Waals surface area (Å²) >= 11 is 3.63. The number of halogens is 1. The van der Waals surface area contributed by atoms with E-state index in [1.54, 1.807) is 0 Å². The minimum Gasteiger partial charge on any atom is -0.598 e. The van der Waals surface area contributed by atoms with Crippen LogP contribution in [-0.2, 0) is 16.9 Å². The van der Waals surface area contributed by atoms with E-state index in [2.05, 4.69) is 20.7 Å². The van der Waals surface area contributed by atoms with Crippen molar-refractivity contribution in [2.45, 2.75) is 38.0 Å². The van der Waals surface area contributed by atoms with Crippen LogP contribution in [0, 0.1) is 0 Å². The van der Waals surface area contributed by atoms with Crippen LogP contribution >= 0.6 is 27.3 Å². The van der Waals surface area contributed by atoms with Crippen LogP contribution in [0.2, 0.25) is 0 Å². The first kappa shape index (κ1) is 18.7. The number of carbonyl (C=O) groups is 1. The molecule has 1 aromatic carbocycles. The highest BCUT2D eigenvalue weighted by Crippen LogP contribution is 2.35. The zero-order valence-corrected chi connectivity index (χ0v) is 16.8. The third-order valence-electron chi connectivity index (χ3n) is 3.57. The summed E-state index contributed by atoms with van der Waals surface area (Å²) in [4.78, 5) is 11.7. The van der Waals surface area contributed by atoms with Gasteiger partial charge in [-0.3, -0.25) is 4.79 Å². The van der Waals surface area contributed by atoms with Crippen LogP contribution in [0.3, 0.4) is 0 Å². The van der Waals surface area contributed by atoms with Gasteiger partial charge in [-0.2, -0.15) is 0 Å². The summed E-state index contributed by atoms with van der Waals surface area (Å²) in [5.41, 5.74) is 1.26. The number of benzene rings is 1. The normalized spacial score (nSPS) is 15.9. The zero-order valence-electron chi connectivity index (χ0n) is 13.6. The van der Waals surface area contributed by atoms with E-state index >= 15 is 0 Å². The van der Waals surface area contributed by atoms with Crippen LogP contribution < -0.4 is 4.72 Å². The van der Waals surface area contributed by atoms with Gasteiger partial charge in [-0.25, -0.2) is 0 Å². The van der Waals surface area contributed by atoms with Gasteiger partial charge in [0.2, 0.25) is 0 Å². The molecule has 0 aliphatic rings. The monoisotopic (exact) mass is 413 g/mol. The predicted octanol–water partition coefficient (Wildman–Crippen LogP) is 4.64. The first-order chi connectivity index (χ1) is 10.7. The molecule has 0 saturated carbocycles. The van der Waals surface area contributed by atoms with Crippen LogP contribution in [-0.4, -0.2) is 15.6 Å². The second-order valence-corrected chi connectivity index (χ2v) is 10.3. The molecular weight excluding hydrogens is 394 g/mol. The van der Waals surface area contributed by atoms with Gasteiger partial charge in [-0.05, 0) is 62.4 Å². The van der Waals surface area contributed by atoms with Gasteiger partial charge in [-0.15, -0.1) is 16.1 Å². The van der Waals surface area contributed by atoms with Gasteiger partial charge in [0.15, 0.2) is 6.29 Å². The molecule has 0 aliphatic carbocycles. The van der Waals surface area contributed by atoms with Crippen LogP contribution in [0.1, 0.15) is 48.5 Å². The molecule has 0 saturated heterocycles. The topological polar surface area (TPSA) is 52.2 Å². The summed E-state index contributed by atoms with van der Waals surface area (Å²) in [6.45, 7) is 7.79. The highest BCUT2D eigenvalue weighted by molar-refractivity contribution is 9.10. The molecule has 0 fully saturated rings. The zero-order chi connectivity index (χ0) is 17.3. The Kier molecular flexibility index (Phi) is 5.74. The Bertz CT molecular complexity index is 696. The molecular formula is C17H20BrNO2S2. The van der Waals surface area contributed by atoms with E-state index in [1.165, 1.54) is 11.3 Å². The molecule has 1 N–H and O–H groups in total. The molecule has 0 amide bonds. The molecule has 6 heteroatoms. The summed E-state index contributed by atoms with van der Waals surface area (Å²) in [6, 6.07) is 9.76. The maximum atomic E-state index is 12.7. The van der Waals surface area contributed by atoms with Gasteiger partial charge in [0.05, 0.1) is 4.88 Å². The molecule has 1 heterocycles. The fraction of sp³-hybridized carbons (Fsp3) is 0.353. The van der Waals surface area contributed by atoms with Crippen LogP contribution in [0.4, 0.5) is 0 Å². The third kappa shape index (κ3) is 4.25. The number of aldehydes is 1. The van der Waals surface area contributed by atoms with E-state index in [-0.39, 0.29) is 0 Å². The molecule has 3 nitrogen and oxygen atoms in total. The Morgan fingerprint density at radius 1 is 1.22 bits per heavy atom. The molecule has 2 atom stereocenters. The lowest BCUT2D eigenvalue weighted by molar-refractivity contribution is 0.112. The van der Waals surface area contributed by atoms with Gasteiger partial charge in [-0.1, -0.05) is 28.1 Å². The van der Waals surface area contributed by atoms with Crippen molar-refractivity contribution in [3.63, 3.8) is 0 Å². The fourth-order valence-electron chi connectivity index (χ4n) is 2.10. The van der Waals surface area contributed by atoms with Crippen molar-refractivity contribution in [2.75, 3.05) is 0 Å². The smallest absolute Gasteiger partial charge is 0.160 e. The largest absolute Gasteiger partial charge is 0.598 e. The van der Waals surface area contributed by atoms with Crippen molar-refractivity contribution in [1.82, 2.24) is 4.72 Å². The van der Waals surface area contributed by atoms with E-state index in [0.29, 0.717) is 4.88 Å². The second kappa shape index (κ2) is 7.07. The average molecular weight is 414 g/mol. The summed E-state index contributed by atoms with van der Waals surface area (Å²) in [7, 11) is 0. The van der Waals surface area contributed by atoms with Gasteiger partial charge in [0.25, 0.3) is 0 Å². The highest BCUT2D eigenvalue weighted by Gasteiger charge is 2.39. The third-order valence-corrected chi connectivity index (χ3v) is 6.63. The number of rotatable bonds is 5. The Morgan fingerprint density at radius 3 is 2.43 bits per heavy atom. The van der Waals surface area contributed by atoms with Crippen molar-refractivity contribution in [3.8, 4) is 0 Å². The fourth-order valence-corrected chi connectivity index (χ4v) is 4.23. The van der Waals surface area contributed by atoms with Crippen molar-refractivity contribution in [1.29, 1.82) is 0 Å². The first-order valence-electron chi connectivity index (χ1n) is 7.17. The van der Waals surface area contributed by atoms with E-state index in [0.717, 1.165) is 21.9 Å². The number of nitrogens with one attached hydrogen (secondary N) is 1. The second-order valence-electron chi connectivity index (χ2n) is 6.47. The van der Waals surface area contributed by atoms with Crippen LogP contribution in [0.25, 0.3) is 0 Å². The number of hydrogen-bond acceptors (Lipinski definition) is 4. The van der Waals surface area contributed by atoms with E-state index in [1.807, 2.05) is 63.4 Å².